The number of likely N-dealkylation sites (tertiary alicyclic amines) is 1. The third kappa shape index (κ3) is 5.33. The molecule has 0 atom stereocenters. The maximum atomic E-state index is 12.7. The predicted octanol–water partition coefficient (Wildman–Crippen LogP) is 2.03. The number of amides is 1. The van der Waals surface area contributed by atoms with Crippen molar-refractivity contribution >= 4 is 17.9 Å². The lowest BCUT2D eigenvalue weighted by molar-refractivity contribution is -0.127. The third-order valence-electron chi connectivity index (χ3n) is 5.74. The van der Waals surface area contributed by atoms with Crippen molar-refractivity contribution in [3.8, 4) is 17.2 Å². The zero-order chi connectivity index (χ0) is 22.2. The summed E-state index contributed by atoms with van der Waals surface area (Å²) in [5.41, 5.74) is 0.776. The first-order chi connectivity index (χ1) is 15.1. The van der Waals surface area contributed by atoms with Gasteiger partial charge in [-0.25, -0.2) is 4.79 Å². The van der Waals surface area contributed by atoms with Crippen LogP contribution in [-0.2, 0) is 9.59 Å². The van der Waals surface area contributed by atoms with E-state index in [1.54, 1.807) is 50.5 Å². The molecule has 2 fully saturated rings. The van der Waals surface area contributed by atoms with E-state index in [-0.39, 0.29) is 5.91 Å². The van der Waals surface area contributed by atoms with E-state index in [4.69, 9.17) is 14.2 Å². The van der Waals surface area contributed by atoms with Crippen LogP contribution >= 0.6 is 0 Å². The highest BCUT2D eigenvalue weighted by molar-refractivity contribution is 5.92. The summed E-state index contributed by atoms with van der Waals surface area (Å²) >= 11 is 0. The maximum Gasteiger partial charge on any atom is 0.246 e. The van der Waals surface area contributed by atoms with Gasteiger partial charge in [-0.3, -0.25) is 4.79 Å². The summed E-state index contributed by atoms with van der Waals surface area (Å²) in [5.74, 6) is 4.28. The van der Waals surface area contributed by atoms with Crippen LogP contribution in [0.2, 0.25) is 0 Å². The van der Waals surface area contributed by atoms with E-state index in [0.29, 0.717) is 49.2 Å². The molecule has 2 aliphatic heterocycles. The van der Waals surface area contributed by atoms with Crippen LogP contribution in [0.1, 0.15) is 24.8 Å². The molecule has 1 aromatic rings. The normalized spacial score (nSPS) is 16.8. The van der Waals surface area contributed by atoms with E-state index in [9.17, 15) is 9.59 Å². The van der Waals surface area contributed by atoms with Crippen LogP contribution in [0.5, 0.6) is 17.2 Å². The lowest BCUT2D eigenvalue weighted by Crippen LogP contribution is -2.50. The summed E-state index contributed by atoms with van der Waals surface area (Å²) in [6.45, 7) is 4.20. The van der Waals surface area contributed by atoms with Crippen LogP contribution in [-0.4, -0.2) is 87.1 Å². The predicted molar refractivity (Wildman–Crippen MR) is 118 cm³/mol. The summed E-state index contributed by atoms with van der Waals surface area (Å²) in [7, 11) is 4.66. The van der Waals surface area contributed by atoms with Crippen LogP contribution < -0.4 is 14.2 Å². The average molecular weight is 430 g/mol. The molecule has 168 valence electrons. The van der Waals surface area contributed by atoms with Gasteiger partial charge in [-0.2, -0.15) is 0 Å². The molecule has 0 bridgehead atoms. The zero-order valence-corrected chi connectivity index (χ0v) is 18.6. The summed E-state index contributed by atoms with van der Waals surface area (Å²) < 4.78 is 16.0. The number of nitrogens with zero attached hydrogens (tertiary/aromatic N) is 3. The minimum absolute atomic E-state index is 0.0667. The summed E-state index contributed by atoms with van der Waals surface area (Å²) in [6.07, 6.45) is 6.72. The molecule has 0 saturated carbocycles. The van der Waals surface area contributed by atoms with Crippen molar-refractivity contribution < 1.29 is 23.8 Å². The van der Waals surface area contributed by atoms with E-state index in [2.05, 4.69) is 10.8 Å². The molecule has 0 spiro atoms. The number of hydrogen-bond donors (Lipinski definition) is 0. The van der Waals surface area contributed by atoms with E-state index in [0.717, 1.165) is 31.5 Å². The summed E-state index contributed by atoms with van der Waals surface area (Å²) in [5, 5.41) is 0. The van der Waals surface area contributed by atoms with Gasteiger partial charge in [-0.15, -0.1) is 0 Å². The Morgan fingerprint density at radius 3 is 1.90 bits per heavy atom. The lowest BCUT2D eigenvalue weighted by atomic mass is 10.1. The summed E-state index contributed by atoms with van der Waals surface area (Å²) in [6, 6.07) is 3.59. The van der Waals surface area contributed by atoms with Crippen LogP contribution in [0.3, 0.4) is 0 Å². The van der Waals surface area contributed by atoms with Gasteiger partial charge in [0.15, 0.2) is 23.3 Å². The second kappa shape index (κ2) is 10.8. The number of benzene rings is 1. The molecular formula is C23H31N3O5. The number of piperidine rings is 1. The van der Waals surface area contributed by atoms with Gasteiger partial charge in [0.2, 0.25) is 11.7 Å². The number of ether oxygens (including phenoxy) is 3. The Labute approximate surface area is 183 Å². The number of hydrogen-bond acceptors (Lipinski definition) is 7. The molecule has 1 amide bonds. The van der Waals surface area contributed by atoms with Crippen molar-refractivity contribution in [2.75, 3.05) is 60.6 Å². The third-order valence-corrected chi connectivity index (χ3v) is 5.74. The quantitative estimate of drug-likeness (QED) is 0.485. The highest BCUT2D eigenvalue weighted by Crippen LogP contribution is 2.38. The molecule has 0 N–H and O–H groups in total. The first-order valence-corrected chi connectivity index (χ1v) is 10.6. The standard InChI is InChI=1S/C23H31N3O5/c1-29-19-15-18(16-20(30-2)23(19)31-3)7-8-22(28)26-13-11-25(12-14-26)21(17-27)24-9-5-4-6-10-24/h7-8,15-16H,4-6,9-14H2,1-3H3. The van der Waals surface area contributed by atoms with Crippen molar-refractivity contribution in [1.29, 1.82) is 0 Å². The van der Waals surface area contributed by atoms with Crippen molar-refractivity contribution in [3.63, 3.8) is 0 Å². The lowest BCUT2D eigenvalue weighted by Gasteiger charge is -2.40. The molecule has 8 nitrogen and oxygen atoms in total. The van der Waals surface area contributed by atoms with Crippen molar-refractivity contribution in [2.24, 2.45) is 0 Å². The molecule has 2 aliphatic rings. The Morgan fingerprint density at radius 2 is 1.39 bits per heavy atom. The molecule has 0 radical (unpaired) electrons. The van der Waals surface area contributed by atoms with Crippen LogP contribution in [0.25, 0.3) is 6.08 Å². The maximum absolute atomic E-state index is 12.7. The van der Waals surface area contributed by atoms with E-state index >= 15 is 0 Å². The van der Waals surface area contributed by atoms with Gasteiger partial charge < -0.3 is 28.9 Å². The molecule has 0 aromatic heterocycles. The Bertz CT molecular complexity index is 824. The van der Waals surface area contributed by atoms with Gasteiger partial charge >= 0.3 is 0 Å². The minimum Gasteiger partial charge on any atom is -0.493 e. The second-order valence-electron chi connectivity index (χ2n) is 7.58. The number of piperazine rings is 1. The first-order valence-electron chi connectivity index (χ1n) is 10.6. The zero-order valence-electron chi connectivity index (χ0n) is 18.6. The van der Waals surface area contributed by atoms with Gasteiger partial charge in [0, 0.05) is 45.3 Å². The molecule has 2 heterocycles. The minimum atomic E-state index is -0.0667. The summed E-state index contributed by atoms with van der Waals surface area (Å²) in [4.78, 5) is 30.2. The Hall–Kier alpha value is -3.12. The first kappa shape index (κ1) is 22.6. The van der Waals surface area contributed by atoms with Crippen LogP contribution in [0.4, 0.5) is 0 Å². The van der Waals surface area contributed by atoms with E-state index < -0.39 is 0 Å². The van der Waals surface area contributed by atoms with Crippen molar-refractivity contribution in [2.45, 2.75) is 19.3 Å². The van der Waals surface area contributed by atoms with E-state index in [1.165, 1.54) is 6.42 Å². The van der Waals surface area contributed by atoms with Crippen molar-refractivity contribution in [1.82, 2.24) is 14.7 Å². The van der Waals surface area contributed by atoms with Gasteiger partial charge in [0.1, 0.15) is 0 Å². The molecule has 0 unspecified atom stereocenters. The fourth-order valence-electron chi connectivity index (χ4n) is 4.04. The number of rotatable bonds is 7. The molecular weight excluding hydrogens is 398 g/mol. The molecule has 2 saturated heterocycles. The average Bonchev–Trinajstić information content (AvgIpc) is 2.83. The number of carbonyl (C=O) groups is 1. The van der Waals surface area contributed by atoms with E-state index in [1.807, 2.05) is 4.90 Å². The molecule has 31 heavy (non-hydrogen) atoms. The van der Waals surface area contributed by atoms with Gasteiger partial charge in [-0.05, 0) is 43.0 Å². The highest BCUT2D eigenvalue weighted by Gasteiger charge is 2.25. The molecule has 0 aliphatic carbocycles. The Morgan fingerprint density at radius 1 is 0.839 bits per heavy atom. The second-order valence-corrected chi connectivity index (χ2v) is 7.58. The van der Waals surface area contributed by atoms with Crippen LogP contribution in [0.15, 0.2) is 24.0 Å². The fourth-order valence-corrected chi connectivity index (χ4v) is 4.04. The largest absolute Gasteiger partial charge is 0.493 e. The van der Waals surface area contributed by atoms with Crippen LogP contribution in [0, 0.1) is 0 Å². The SMILES string of the molecule is COc1cc(C=CC(=O)N2CCN(C(=C=O)N3CCCCC3)CC2)cc(OC)c1OC. The molecule has 8 heteroatoms. The van der Waals surface area contributed by atoms with Gasteiger partial charge in [0.25, 0.3) is 0 Å². The van der Waals surface area contributed by atoms with Crippen molar-refractivity contribution in [3.05, 3.63) is 29.6 Å². The number of methoxy groups -OCH3 is 3. The number of carbonyl (C=O) groups excluding carboxylic acids is 2. The topological polar surface area (TPSA) is 71.6 Å². The fraction of sp³-hybridized carbons (Fsp3) is 0.522. The Kier molecular flexibility index (Phi) is 7.84. The molecule has 1 aromatic carbocycles. The Balaban J connectivity index is 1.61. The monoisotopic (exact) mass is 429 g/mol. The van der Waals surface area contributed by atoms with Gasteiger partial charge in [-0.1, -0.05) is 0 Å². The smallest absolute Gasteiger partial charge is 0.246 e. The molecule has 3 rings (SSSR count). The van der Waals surface area contributed by atoms with Gasteiger partial charge in [0.05, 0.1) is 21.3 Å². The highest BCUT2D eigenvalue weighted by atomic mass is 16.5.